The van der Waals surface area contributed by atoms with Gasteiger partial charge < -0.3 is 0 Å². The molecule has 0 amide bonds. The minimum atomic E-state index is -2.61. The van der Waals surface area contributed by atoms with Crippen molar-refractivity contribution in [2.75, 3.05) is 0 Å². The normalized spacial score (nSPS) is 20.3. The van der Waals surface area contributed by atoms with Crippen molar-refractivity contribution >= 4 is 11.3 Å². The van der Waals surface area contributed by atoms with Gasteiger partial charge in [0.2, 0.25) is 0 Å². The molecule has 0 spiro atoms. The van der Waals surface area contributed by atoms with E-state index in [2.05, 4.69) is 20.8 Å². The summed E-state index contributed by atoms with van der Waals surface area (Å²) < 4.78 is 27.7. The third-order valence-electron chi connectivity index (χ3n) is 3.09. The Balaban J connectivity index is 2.46. The molecule has 0 aliphatic heterocycles. The Bertz CT molecular complexity index is 385. The fourth-order valence-electron chi connectivity index (χ4n) is 2.06. The van der Waals surface area contributed by atoms with Crippen molar-refractivity contribution in [1.29, 1.82) is 0 Å². The minimum Gasteiger partial charge on any atom is -0.201 e. The maximum Gasteiger partial charge on any atom is 0.274 e. The number of hydrogen-bond acceptors (Lipinski definition) is 1. The number of rotatable bonds is 0. The number of hydrogen-bond donors (Lipinski definition) is 0. The summed E-state index contributed by atoms with van der Waals surface area (Å²) in [4.78, 5) is 1.99. The van der Waals surface area contributed by atoms with E-state index in [1.807, 2.05) is 0 Å². The molecular formula is C13H18F2S. The molecule has 1 aliphatic rings. The van der Waals surface area contributed by atoms with Crippen molar-refractivity contribution in [2.24, 2.45) is 0 Å². The Labute approximate surface area is 99.7 Å². The first-order valence-electron chi connectivity index (χ1n) is 5.82. The third kappa shape index (κ3) is 2.15. The van der Waals surface area contributed by atoms with Gasteiger partial charge in [-0.15, -0.1) is 11.3 Å². The smallest absolute Gasteiger partial charge is 0.201 e. The average Bonchev–Trinajstić information content (AvgIpc) is 2.51. The summed E-state index contributed by atoms with van der Waals surface area (Å²) in [6.45, 7) is 6.24. The van der Waals surface area contributed by atoms with Crippen LogP contribution in [-0.4, -0.2) is 0 Å². The molecule has 1 aliphatic carbocycles. The molecule has 1 aromatic rings. The molecule has 0 unspecified atom stereocenters. The standard InChI is InChI=1S/C13H18F2S/c1-12(2,3)11-8-9-10(16-11)6-4-5-7-13(9,14)15/h8H,4-7H2,1-3H3. The Morgan fingerprint density at radius 2 is 1.94 bits per heavy atom. The van der Waals surface area contributed by atoms with Crippen LogP contribution in [0, 0.1) is 0 Å². The van der Waals surface area contributed by atoms with Gasteiger partial charge in [0.1, 0.15) is 0 Å². The largest absolute Gasteiger partial charge is 0.274 e. The average molecular weight is 244 g/mol. The minimum absolute atomic E-state index is 0.0142. The highest BCUT2D eigenvalue weighted by Crippen LogP contribution is 2.44. The zero-order chi connectivity index (χ0) is 12.0. The Hall–Kier alpha value is -0.440. The van der Waals surface area contributed by atoms with E-state index in [1.54, 1.807) is 17.4 Å². The molecular weight excluding hydrogens is 226 g/mol. The highest BCUT2D eigenvalue weighted by Gasteiger charge is 2.37. The Morgan fingerprint density at radius 3 is 2.56 bits per heavy atom. The molecule has 0 nitrogen and oxygen atoms in total. The summed E-state index contributed by atoms with van der Waals surface area (Å²) in [6, 6.07) is 1.74. The summed E-state index contributed by atoms with van der Waals surface area (Å²) in [5.74, 6) is -2.61. The van der Waals surface area contributed by atoms with E-state index in [1.165, 1.54) is 0 Å². The van der Waals surface area contributed by atoms with E-state index in [9.17, 15) is 8.78 Å². The first-order chi connectivity index (χ1) is 7.31. The van der Waals surface area contributed by atoms with E-state index in [4.69, 9.17) is 0 Å². The van der Waals surface area contributed by atoms with Gasteiger partial charge >= 0.3 is 0 Å². The molecule has 0 atom stereocenters. The lowest BCUT2D eigenvalue weighted by atomic mass is 9.93. The SMILES string of the molecule is CC(C)(C)c1cc2c(s1)CCCCC2(F)F. The summed E-state index contributed by atoms with van der Waals surface area (Å²) >= 11 is 1.58. The molecule has 0 fully saturated rings. The van der Waals surface area contributed by atoms with Crippen molar-refractivity contribution in [2.45, 2.75) is 57.8 Å². The molecule has 0 aromatic carbocycles. The topological polar surface area (TPSA) is 0 Å². The lowest BCUT2D eigenvalue weighted by Crippen LogP contribution is -2.13. The van der Waals surface area contributed by atoms with Gasteiger partial charge in [-0.2, -0.15) is 0 Å². The van der Waals surface area contributed by atoms with Crippen LogP contribution >= 0.6 is 11.3 Å². The fourth-order valence-corrected chi connectivity index (χ4v) is 3.37. The lowest BCUT2D eigenvalue weighted by molar-refractivity contribution is -0.0134. The van der Waals surface area contributed by atoms with Crippen molar-refractivity contribution in [3.63, 3.8) is 0 Å². The van der Waals surface area contributed by atoms with Crippen LogP contribution in [-0.2, 0) is 17.8 Å². The molecule has 90 valence electrons. The van der Waals surface area contributed by atoms with Crippen LogP contribution in [0.3, 0.4) is 0 Å². The molecule has 0 saturated carbocycles. The van der Waals surface area contributed by atoms with Crippen molar-refractivity contribution in [3.05, 3.63) is 21.4 Å². The number of fused-ring (bicyclic) bond motifs is 1. The van der Waals surface area contributed by atoms with E-state index in [0.717, 1.165) is 22.6 Å². The monoisotopic (exact) mass is 244 g/mol. The summed E-state index contributed by atoms with van der Waals surface area (Å²) in [7, 11) is 0. The van der Waals surface area contributed by atoms with Gasteiger partial charge in [-0.3, -0.25) is 0 Å². The maximum absolute atomic E-state index is 13.9. The summed E-state index contributed by atoms with van der Waals surface area (Å²) in [6.07, 6.45) is 2.37. The van der Waals surface area contributed by atoms with Crippen LogP contribution in [0.15, 0.2) is 6.07 Å². The van der Waals surface area contributed by atoms with E-state index >= 15 is 0 Å². The second-order valence-electron chi connectivity index (χ2n) is 5.61. The summed E-state index contributed by atoms with van der Waals surface area (Å²) in [5.41, 5.74) is 0.285. The van der Waals surface area contributed by atoms with Crippen LogP contribution in [0.1, 0.15) is 55.4 Å². The molecule has 0 radical (unpaired) electrons. The van der Waals surface area contributed by atoms with Gasteiger partial charge in [-0.25, -0.2) is 8.78 Å². The highest BCUT2D eigenvalue weighted by molar-refractivity contribution is 7.12. The van der Waals surface area contributed by atoms with Gasteiger partial charge in [-0.1, -0.05) is 20.8 Å². The van der Waals surface area contributed by atoms with E-state index in [0.29, 0.717) is 12.0 Å². The maximum atomic E-state index is 13.9. The van der Waals surface area contributed by atoms with E-state index < -0.39 is 5.92 Å². The first-order valence-corrected chi connectivity index (χ1v) is 6.64. The molecule has 1 aromatic heterocycles. The molecule has 2 rings (SSSR count). The van der Waals surface area contributed by atoms with Crippen LogP contribution in [0.4, 0.5) is 8.78 Å². The zero-order valence-electron chi connectivity index (χ0n) is 10.1. The van der Waals surface area contributed by atoms with E-state index in [-0.39, 0.29) is 11.8 Å². The number of thiophene rings is 1. The summed E-state index contributed by atoms with van der Waals surface area (Å²) in [5, 5.41) is 0. The van der Waals surface area contributed by atoms with Crippen LogP contribution in [0.5, 0.6) is 0 Å². The second-order valence-corrected chi connectivity index (χ2v) is 6.75. The van der Waals surface area contributed by atoms with Gasteiger partial charge in [0.05, 0.1) is 0 Å². The molecule has 0 bridgehead atoms. The molecule has 0 saturated heterocycles. The second kappa shape index (κ2) is 3.80. The highest BCUT2D eigenvalue weighted by atomic mass is 32.1. The molecule has 16 heavy (non-hydrogen) atoms. The number of alkyl halides is 2. The molecule has 0 N–H and O–H groups in total. The fraction of sp³-hybridized carbons (Fsp3) is 0.692. The quantitative estimate of drug-likeness (QED) is 0.571. The predicted octanol–water partition coefficient (Wildman–Crippen LogP) is 4.86. The molecule has 1 heterocycles. The number of aryl methyl sites for hydroxylation is 1. The van der Waals surface area contributed by atoms with Gasteiger partial charge in [-0.05, 0) is 30.7 Å². The Kier molecular flexibility index (Phi) is 2.85. The van der Waals surface area contributed by atoms with Gasteiger partial charge in [0, 0.05) is 21.7 Å². The van der Waals surface area contributed by atoms with Crippen molar-refractivity contribution < 1.29 is 8.78 Å². The third-order valence-corrected chi connectivity index (χ3v) is 4.71. The molecule has 3 heteroatoms. The lowest BCUT2D eigenvalue weighted by Gasteiger charge is -2.16. The van der Waals surface area contributed by atoms with Crippen molar-refractivity contribution in [1.82, 2.24) is 0 Å². The first kappa shape index (κ1) is 12.0. The van der Waals surface area contributed by atoms with Crippen LogP contribution in [0.2, 0.25) is 0 Å². The van der Waals surface area contributed by atoms with Crippen LogP contribution in [0.25, 0.3) is 0 Å². The van der Waals surface area contributed by atoms with Gasteiger partial charge in [0.25, 0.3) is 5.92 Å². The van der Waals surface area contributed by atoms with Gasteiger partial charge in [0.15, 0.2) is 0 Å². The zero-order valence-corrected chi connectivity index (χ0v) is 10.9. The number of halogens is 2. The van der Waals surface area contributed by atoms with Crippen LogP contribution < -0.4 is 0 Å². The van der Waals surface area contributed by atoms with Crippen molar-refractivity contribution in [3.8, 4) is 0 Å². The Morgan fingerprint density at radius 1 is 1.25 bits per heavy atom. The predicted molar refractivity (Wildman–Crippen MR) is 64.5 cm³/mol.